The van der Waals surface area contributed by atoms with Gasteiger partial charge in [0.2, 0.25) is 0 Å². The fourth-order valence-corrected chi connectivity index (χ4v) is 2.40. The summed E-state index contributed by atoms with van der Waals surface area (Å²) in [5.41, 5.74) is 0.209. The molecule has 0 aliphatic carbocycles. The molecule has 0 spiro atoms. The van der Waals surface area contributed by atoms with Crippen LogP contribution in [0.1, 0.15) is 23.7 Å². The van der Waals surface area contributed by atoms with Crippen LogP contribution >= 0.6 is 11.8 Å². The minimum atomic E-state index is -0.487. The van der Waals surface area contributed by atoms with Gasteiger partial charge in [-0.2, -0.15) is 0 Å². The smallest absolute Gasteiger partial charge is 0.283 e. The zero-order chi connectivity index (χ0) is 15.1. The van der Waals surface area contributed by atoms with Crippen molar-refractivity contribution in [1.29, 1.82) is 0 Å². The number of hydrogen-bond acceptors (Lipinski definition) is 5. The highest BCUT2D eigenvalue weighted by molar-refractivity contribution is 7.98. The lowest BCUT2D eigenvalue weighted by molar-refractivity contribution is -0.387. The molecule has 20 heavy (non-hydrogen) atoms. The van der Waals surface area contributed by atoms with Crippen LogP contribution in [0.3, 0.4) is 0 Å². The van der Waals surface area contributed by atoms with Crippen LogP contribution in [0.15, 0.2) is 23.1 Å². The second-order valence-corrected chi connectivity index (χ2v) is 5.01. The monoisotopic (exact) mass is 298 g/mol. The summed E-state index contributed by atoms with van der Waals surface area (Å²) in [6.45, 7) is 2.54. The molecular weight excluding hydrogens is 280 g/mol. The third kappa shape index (κ3) is 3.94. The van der Waals surface area contributed by atoms with E-state index in [9.17, 15) is 14.9 Å². The number of benzene rings is 1. The SMILES string of the molecule is CCCN(CCO)C(=O)c1ccc(SC)c([N+](=O)[O-])c1. The summed E-state index contributed by atoms with van der Waals surface area (Å²) in [6, 6.07) is 4.47. The largest absolute Gasteiger partial charge is 0.395 e. The number of nitrogens with zero attached hydrogens (tertiary/aromatic N) is 2. The number of carbonyl (C=O) groups is 1. The Bertz CT molecular complexity index is 487. The molecule has 0 fully saturated rings. The molecule has 0 heterocycles. The zero-order valence-electron chi connectivity index (χ0n) is 11.5. The summed E-state index contributed by atoms with van der Waals surface area (Å²) < 4.78 is 0. The second kappa shape index (κ2) is 7.86. The second-order valence-electron chi connectivity index (χ2n) is 4.16. The molecule has 0 bridgehead atoms. The van der Waals surface area contributed by atoms with E-state index in [1.807, 2.05) is 6.92 Å². The van der Waals surface area contributed by atoms with Gasteiger partial charge in [0.1, 0.15) is 0 Å². The summed E-state index contributed by atoms with van der Waals surface area (Å²) in [5.74, 6) is -0.295. The van der Waals surface area contributed by atoms with Crippen molar-refractivity contribution in [3.05, 3.63) is 33.9 Å². The normalized spacial score (nSPS) is 10.3. The zero-order valence-corrected chi connectivity index (χ0v) is 12.4. The Morgan fingerprint density at radius 1 is 1.45 bits per heavy atom. The highest BCUT2D eigenvalue weighted by Gasteiger charge is 2.20. The molecule has 1 aromatic rings. The first-order valence-electron chi connectivity index (χ1n) is 6.27. The summed E-state index contributed by atoms with van der Waals surface area (Å²) in [5, 5.41) is 20.0. The minimum Gasteiger partial charge on any atom is -0.395 e. The third-order valence-electron chi connectivity index (χ3n) is 2.77. The molecule has 0 unspecified atom stereocenters. The minimum absolute atomic E-state index is 0.0659. The molecule has 0 radical (unpaired) electrons. The first-order valence-corrected chi connectivity index (χ1v) is 7.50. The van der Waals surface area contributed by atoms with Crippen molar-refractivity contribution in [1.82, 2.24) is 4.90 Å². The van der Waals surface area contributed by atoms with Crippen LogP contribution in [0.4, 0.5) is 5.69 Å². The van der Waals surface area contributed by atoms with Crippen molar-refractivity contribution in [2.45, 2.75) is 18.2 Å². The van der Waals surface area contributed by atoms with Crippen LogP contribution in [0.2, 0.25) is 0 Å². The number of hydrogen-bond donors (Lipinski definition) is 1. The van der Waals surface area contributed by atoms with Gasteiger partial charge >= 0.3 is 0 Å². The highest BCUT2D eigenvalue weighted by Crippen LogP contribution is 2.28. The fourth-order valence-electron chi connectivity index (χ4n) is 1.85. The molecule has 6 nitrogen and oxygen atoms in total. The molecule has 0 aliphatic heterocycles. The number of rotatable bonds is 7. The van der Waals surface area contributed by atoms with Gasteiger partial charge in [-0.3, -0.25) is 14.9 Å². The Kier molecular flexibility index (Phi) is 6.47. The topological polar surface area (TPSA) is 83.7 Å². The van der Waals surface area contributed by atoms with Gasteiger partial charge in [-0.15, -0.1) is 11.8 Å². The highest BCUT2D eigenvalue weighted by atomic mass is 32.2. The first-order chi connectivity index (χ1) is 9.54. The molecule has 0 aliphatic rings. The Hall–Kier alpha value is -1.60. The first kappa shape index (κ1) is 16.5. The number of carbonyl (C=O) groups excluding carboxylic acids is 1. The van der Waals surface area contributed by atoms with E-state index in [1.165, 1.54) is 22.7 Å². The number of aliphatic hydroxyl groups excluding tert-OH is 1. The molecule has 7 heteroatoms. The fraction of sp³-hybridized carbons (Fsp3) is 0.462. The maximum absolute atomic E-state index is 12.3. The average Bonchev–Trinajstić information content (AvgIpc) is 2.45. The van der Waals surface area contributed by atoms with Gasteiger partial charge in [-0.25, -0.2) is 0 Å². The summed E-state index contributed by atoms with van der Waals surface area (Å²) in [6.07, 6.45) is 2.51. The number of nitro benzene ring substituents is 1. The lowest BCUT2D eigenvalue weighted by Gasteiger charge is -2.21. The molecule has 1 amide bonds. The predicted octanol–water partition coefficient (Wildman–Crippen LogP) is 2.16. The van der Waals surface area contributed by atoms with Gasteiger partial charge < -0.3 is 10.0 Å². The van der Waals surface area contributed by atoms with Crippen LogP contribution in [-0.2, 0) is 0 Å². The average molecular weight is 298 g/mol. The third-order valence-corrected chi connectivity index (χ3v) is 3.56. The molecule has 0 saturated carbocycles. The van der Waals surface area contributed by atoms with E-state index < -0.39 is 4.92 Å². The molecular formula is C13H18N2O4S. The molecule has 1 aromatic carbocycles. The van der Waals surface area contributed by atoms with Crippen LogP contribution in [0, 0.1) is 10.1 Å². The molecule has 1 rings (SSSR count). The van der Waals surface area contributed by atoms with Crippen molar-refractivity contribution >= 4 is 23.4 Å². The van der Waals surface area contributed by atoms with Gasteiger partial charge in [0.05, 0.1) is 16.4 Å². The Balaban J connectivity index is 3.08. The van der Waals surface area contributed by atoms with E-state index >= 15 is 0 Å². The van der Waals surface area contributed by atoms with E-state index in [-0.39, 0.29) is 30.3 Å². The van der Waals surface area contributed by atoms with E-state index in [1.54, 1.807) is 18.4 Å². The van der Waals surface area contributed by atoms with Gasteiger partial charge in [0.25, 0.3) is 11.6 Å². The number of amides is 1. The van der Waals surface area contributed by atoms with Gasteiger partial charge in [0, 0.05) is 24.7 Å². The van der Waals surface area contributed by atoms with Crippen LogP contribution < -0.4 is 0 Å². The van der Waals surface area contributed by atoms with Crippen molar-refractivity contribution in [3.63, 3.8) is 0 Å². The van der Waals surface area contributed by atoms with E-state index in [0.29, 0.717) is 11.4 Å². The number of nitro groups is 1. The summed E-state index contributed by atoms with van der Waals surface area (Å²) >= 11 is 1.27. The maximum Gasteiger partial charge on any atom is 0.283 e. The Morgan fingerprint density at radius 2 is 2.15 bits per heavy atom. The van der Waals surface area contributed by atoms with Crippen molar-refractivity contribution < 1.29 is 14.8 Å². The van der Waals surface area contributed by atoms with Crippen LogP contribution in [-0.4, -0.2) is 46.8 Å². The van der Waals surface area contributed by atoms with E-state index in [4.69, 9.17) is 5.11 Å². The lowest BCUT2D eigenvalue weighted by Crippen LogP contribution is -2.34. The van der Waals surface area contributed by atoms with Crippen molar-refractivity contribution in [3.8, 4) is 0 Å². The number of aliphatic hydroxyl groups is 1. The van der Waals surface area contributed by atoms with Crippen LogP contribution in [0.5, 0.6) is 0 Å². The quantitative estimate of drug-likeness (QED) is 0.474. The van der Waals surface area contributed by atoms with E-state index in [0.717, 1.165) is 6.42 Å². The van der Waals surface area contributed by atoms with E-state index in [2.05, 4.69) is 0 Å². The summed E-state index contributed by atoms with van der Waals surface area (Å²) in [7, 11) is 0. The Morgan fingerprint density at radius 3 is 2.65 bits per heavy atom. The number of thioether (sulfide) groups is 1. The molecule has 0 atom stereocenters. The van der Waals surface area contributed by atoms with Crippen molar-refractivity contribution in [2.24, 2.45) is 0 Å². The van der Waals surface area contributed by atoms with Gasteiger partial charge in [-0.1, -0.05) is 6.92 Å². The lowest BCUT2D eigenvalue weighted by atomic mass is 10.1. The molecule has 0 saturated heterocycles. The van der Waals surface area contributed by atoms with Gasteiger partial charge in [0.15, 0.2) is 0 Å². The molecule has 110 valence electrons. The maximum atomic E-state index is 12.3. The van der Waals surface area contributed by atoms with Crippen molar-refractivity contribution in [2.75, 3.05) is 26.0 Å². The predicted molar refractivity (Wildman–Crippen MR) is 78.2 cm³/mol. The molecule has 1 N–H and O–H groups in total. The summed E-state index contributed by atoms with van der Waals surface area (Å²) in [4.78, 5) is 24.8. The Labute approximate surface area is 121 Å². The van der Waals surface area contributed by atoms with Crippen LogP contribution in [0.25, 0.3) is 0 Å². The standard InChI is InChI=1S/C13H18N2O4S/c1-3-6-14(7-8-16)13(17)10-4-5-12(20-2)11(9-10)15(18)19/h4-5,9,16H,3,6-8H2,1-2H3. The van der Waals surface area contributed by atoms with Gasteiger partial charge in [-0.05, 0) is 24.8 Å². The molecule has 0 aromatic heterocycles.